The molecule has 2 aromatic rings. The van der Waals surface area contributed by atoms with E-state index in [2.05, 4.69) is 21.7 Å². The topological polar surface area (TPSA) is 94.0 Å². The number of aliphatic imine (C=N–C) groups is 1. The first-order valence-corrected chi connectivity index (χ1v) is 11.1. The summed E-state index contributed by atoms with van der Waals surface area (Å²) in [6.45, 7) is 4.51. The second-order valence-electron chi connectivity index (χ2n) is 8.11. The molecule has 1 fully saturated rings. The summed E-state index contributed by atoms with van der Waals surface area (Å²) >= 11 is 1.47. The first-order valence-electron chi connectivity index (χ1n) is 10.2. The van der Waals surface area contributed by atoms with Gasteiger partial charge >= 0.3 is 0 Å². The van der Waals surface area contributed by atoms with Crippen LogP contribution < -0.4 is 10.6 Å². The molecule has 7 heteroatoms. The number of hydrogen-bond donors (Lipinski definition) is 4. The summed E-state index contributed by atoms with van der Waals surface area (Å²) in [5, 5.41) is 27.6. The van der Waals surface area contributed by atoms with Crippen LogP contribution in [0.4, 0.5) is 5.69 Å². The lowest BCUT2D eigenvalue weighted by Crippen LogP contribution is -2.53. The van der Waals surface area contributed by atoms with E-state index in [4.69, 9.17) is 0 Å². The van der Waals surface area contributed by atoms with Gasteiger partial charge in [-0.3, -0.25) is 9.79 Å². The van der Waals surface area contributed by atoms with Crippen LogP contribution in [0.15, 0.2) is 53.5 Å². The lowest BCUT2D eigenvalue weighted by atomic mass is 9.81. The Hall–Kier alpha value is -2.35. The zero-order valence-electron chi connectivity index (χ0n) is 17.1. The van der Waals surface area contributed by atoms with Crippen molar-refractivity contribution in [3.63, 3.8) is 0 Å². The normalized spacial score (nSPS) is 27.9. The highest BCUT2D eigenvalue weighted by Crippen LogP contribution is 2.41. The Bertz CT molecular complexity index is 930. The van der Waals surface area contributed by atoms with Gasteiger partial charge in [-0.1, -0.05) is 48.2 Å². The fraction of sp³-hybridized carbons (Fsp3) is 0.391. The molecule has 0 saturated heterocycles. The molecule has 1 heterocycles. The number of amides is 1. The minimum atomic E-state index is -0.973. The van der Waals surface area contributed by atoms with Crippen molar-refractivity contribution in [3.8, 4) is 0 Å². The van der Waals surface area contributed by atoms with Crippen LogP contribution in [0, 0.1) is 19.8 Å². The molecule has 5 atom stereocenters. The molecule has 6 nitrogen and oxygen atoms in total. The van der Waals surface area contributed by atoms with Crippen LogP contribution in [0.5, 0.6) is 0 Å². The van der Waals surface area contributed by atoms with E-state index in [0.29, 0.717) is 11.7 Å². The maximum Gasteiger partial charge on any atom is 0.224 e. The van der Waals surface area contributed by atoms with E-state index in [1.54, 1.807) is 0 Å². The molecular formula is C23H27N3O3S. The fourth-order valence-electron chi connectivity index (χ4n) is 4.19. The zero-order chi connectivity index (χ0) is 21.3. The van der Waals surface area contributed by atoms with Crippen LogP contribution in [0.3, 0.4) is 0 Å². The highest BCUT2D eigenvalue weighted by molar-refractivity contribution is 8.15. The molecule has 1 aliphatic heterocycles. The molecular weight excluding hydrogens is 398 g/mol. The van der Waals surface area contributed by atoms with Crippen LogP contribution in [-0.2, 0) is 11.3 Å². The number of anilines is 1. The maximum absolute atomic E-state index is 12.9. The number of fused-ring (bicyclic) bond motifs is 1. The van der Waals surface area contributed by atoms with E-state index in [-0.39, 0.29) is 17.6 Å². The van der Waals surface area contributed by atoms with Gasteiger partial charge in [0.15, 0.2) is 5.17 Å². The summed E-state index contributed by atoms with van der Waals surface area (Å²) in [6.07, 6.45) is -1.72. The van der Waals surface area contributed by atoms with Gasteiger partial charge in [0.05, 0.1) is 18.1 Å². The molecule has 4 N–H and O–H groups in total. The number of carbonyl (C=O) groups excluding carboxylic acids is 1. The van der Waals surface area contributed by atoms with Crippen molar-refractivity contribution in [2.24, 2.45) is 10.9 Å². The first kappa shape index (κ1) is 20.9. The van der Waals surface area contributed by atoms with E-state index in [9.17, 15) is 15.0 Å². The number of carbonyl (C=O) groups is 1. The number of rotatable bonds is 4. The number of benzene rings is 2. The number of aliphatic hydroxyl groups excluding tert-OH is 2. The van der Waals surface area contributed by atoms with Crippen LogP contribution in [0.2, 0.25) is 0 Å². The predicted octanol–water partition coefficient (Wildman–Crippen LogP) is 2.61. The van der Waals surface area contributed by atoms with Gasteiger partial charge in [-0.25, -0.2) is 0 Å². The van der Waals surface area contributed by atoms with Gasteiger partial charge in [0.2, 0.25) is 5.91 Å². The Labute approximate surface area is 180 Å². The number of amidine groups is 1. The monoisotopic (exact) mass is 425 g/mol. The second kappa shape index (κ2) is 8.79. The fourth-order valence-corrected chi connectivity index (χ4v) is 5.57. The Morgan fingerprint density at radius 2 is 1.83 bits per heavy atom. The SMILES string of the molecule is Cc1cc(C)cc(NC2=NC3C(O)C(O)CC(C(=O)NCc4ccccc4)C3S2)c1. The highest BCUT2D eigenvalue weighted by Gasteiger charge is 2.50. The van der Waals surface area contributed by atoms with Crippen molar-refractivity contribution in [2.45, 2.75) is 50.3 Å². The first-order chi connectivity index (χ1) is 14.4. The Balaban J connectivity index is 1.47. The lowest BCUT2D eigenvalue weighted by molar-refractivity contribution is -0.129. The van der Waals surface area contributed by atoms with Gasteiger partial charge < -0.3 is 20.8 Å². The molecule has 30 heavy (non-hydrogen) atoms. The van der Waals surface area contributed by atoms with E-state index in [0.717, 1.165) is 22.4 Å². The number of nitrogens with zero attached hydrogens (tertiary/aromatic N) is 1. The third kappa shape index (κ3) is 4.53. The van der Waals surface area contributed by atoms with Crippen molar-refractivity contribution in [3.05, 3.63) is 65.2 Å². The van der Waals surface area contributed by atoms with Gasteiger partial charge in [0, 0.05) is 17.5 Å². The zero-order valence-corrected chi connectivity index (χ0v) is 17.9. The molecule has 0 radical (unpaired) electrons. The number of aliphatic hydroxyl groups is 2. The molecule has 158 valence electrons. The quantitative estimate of drug-likeness (QED) is 0.604. The van der Waals surface area contributed by atoms with Gasteiger partial charge in [-0.05, 0) is 49.1 Å². The average molecular weight is 426 g/mol. The molecule has 2 aliphatic rings. The summed E-state index contributed by atoms with van der Waals surface area (Å²) in [5.41, 5.74) is 4.24. The van der Waals surface area contributed by atoms with Crippen molar-refractivity contribution >= 4 is 28.5 Å². The molecule has 0 spiro atoms. The van der Waals surface area contributed by atoms with Crippen molar-refractivity contribution in [1.29, 1.82) is 0 Å². The smallest absolute Gasteiger partial charge is 0.224 e. The van der Waals surface area contributed by atoms with E-state index >= 15 is 0 Å². The Morgan fingerprint density at radius 3 is 2.53 bits per heavy atom. The summed E-state index contributed by atoms with van der Waals surface area (Å²) in [6, 6.07) is 15.4. The standard InChI is InChI=1S/C23H27N3O3S/c1-13-8-14(2)10-16(9-13)25-23-26-19-20(28)18(27)11-17(21(19)30-23)22(29)24-12-15-6-4-3-5-7-15/h3-10,17-21,27-28H,11-12H2,1-2H3,(H,24,29)(H,25,26). The van der Waals surface area contributed by atoms with E-state index in [1.165, 1.54) is 11.8 Å². The molecule has 0 bridgehead atoms. The van der Waals surface area contributed by atoms with Crippen LogP contribution >= 0.6 is 11.8 Å². The summed E-state index contributed by atoms with van der Waals surface area (Å²) in [5.74, 6) is -0.542. The second-order valence-corrected chi connectivity index (χ2v) is 9.28. The van der Waals surface area contributed by atoms with Gasteiger partial charge in [-0.2, -0.15) is 0 Å². The van der Waals surface area contributed by atoms with Crippen LogP contribution in [0.25, 0.3) is 0 Å². The van der Waals surface area contributed by atoms with Gasteiger partial charge in [0.25, 0.3) is 0 Å². The number of nitrogens with one attached hydrogen (secondary N) is 2. The largest absolute Gasteiger partial charge is 0.390 e. The molecule has 1 aliphatic carbocycles. The number of thioether (sulfide) groups is 1. The number of hydrogen-bond acceptors (Lipinski definition) is 6. The third-order valence-electron chi connectivity index (χ3n) is 5.61. The molecule has 4 rings (SSSR count). The van der Waals surface area contributed by atoms with Gasteiger partial charge in [0.1, 0.15) is 6.10 Å². The lowest BCUT2D eigenvalue weighted by Gasteiger charge is -2.37. The van der Waals surface area contributed by atoms with E-state index in [1.807, 2.05) is 56.3 Å². The van der Waals surface area contributed by atoms with Crippen molar-refractivity contribution in [1.82, 2.24) is 5.32 Å². The van der Waals surface area contributed by atoms with Crippen molar-refractivity contribution < 1.29 is 15.0 Å². The Kier molecular flexibility index (Phi) is 6.13. The number of aryl methyl sites for hydroxylation is 2. The highest BCUT2D eigenvalue weighted by atomic mass is 32.2. The summed E-state index contributed by atoms with van der Waals surface area (Å²) < 4.78 is 0. The molecule has 1 amide bonds. The maximum atomic E-state index is 12.9. The van der Waals surface area contributed by atoms with Crippen molar-refractivity contribution in [2.75, 3.05) is 5.32 Å². The minimum absolute atomic E-state index is 0.116. The van der Waals surface area contributed by atoms with Crippen LogP contribution in [-0.4, -0.2) is 44.8 Å². The predicted molar refractivity (Wildman–Crippen MR) is 121 cm³/mol. The average Bonchev–Trinajstić information content (AvgIpc) is 3.12. The molecule has 0 aromatic heterocycles. The molecule has 2 aromatic carbocycles. The van der Waals surface area contributed by atoms with Crippen LogP contribution in [0.1, 0.15) is 23.1 Å². The van der Waals surface area contributed by atoms with E-state index < -0.39 is 24.2 Å². The molecule has 1 saturated carbocycles. The minimum Gasteiger partial charge on any atom is -0.390 e. The third-order valence-corrected chi connectivity index (χ3v) is 6.92. The summed E-state index contributed by atoms with van der Waals surface area (Å²) in [4.78, 5) is 17.6. The summed E-state index contributed by atoms with van der Waals surface area (Å²) in [7, 11) is 0. The molecule has 5 unspecified atom stereocenters. The Morgan fingerprint density at radius 1 is 1.13 bits per heavy atom. The van der Waals surface area contributed by atoms with Gasteiger partial charge in [-0.15, -0.1) is 0 Å².